The fraction of sp³-hybridized carbons (Fsp3) is 0.889. The lowest BCUT2D eigenvalue weighted by atomic mass is 10.0. The van der Waals surface area contributed by atoms with Gasteiger partial charge in [-0.15, -0.1) is 0 Å². The van der Waals surface area contributed by atoms with E-state index in [4.69, 9.17) is 14.2 Å². The van der Waals surface area contributed by atoms with Crippen LogP contribution in [0.1, 0.15) is 206 Å². The van der Waals surface area contributed by atoms with Crippen LogP contribution in [0.2, 0.25) is 0 Å². The van der Waals surface area contributed by atoms with Crippen molar-refractivity contribution in [3.05, 3.63) is 12.2 Å². The van der Waals surface area contributed by atoms with Gasteiger partial charge in [0.1, 0.15) is 12.6 Å². The molecule has 53 heavy (non-hydrogen) atoms. The zero-order valence-corrected chi connectivity index (χ0v) is 35.4. The maximum Gasteiger partial charge on any atom is 0.306 e. The second-order valence-corrected chi connectivity index (χ2v) is 16.3. The predicted octanol–water partition coefficient (Wildman–Crippen LogP) is 10.6. The topological polar surface area (TPSA) is 102 Å². The van der Waals surface area contributed by atoms with E-state index < -0.39 is 18.1 Å². The summed E-state index contributed by atoms with van der Waals surface area (Å²) < 4.78 is 17.2. The minimum Gasteiger partial charge on any atom is -0.544 e. The smallest absolute Gasteiger partial charge is 0.306 e. The van der Waals surface area contributed by atoms with Crippen molar-refractivity contribution in [3.63, 3.8) is 0 Å². The van der Waals surface area contributed by atoms with Crippen molar-refractivity contribution in [3.8, 4) is 0 Å². The van der Waals surface area contributed by atoms with Gasteiger partial charge >= 0.3 is 11.9 Å². The van der Waals surface area contributed by atoms with Crippen LogP contribution in [0, 0.1) is 0 Å². The van der Waals surface area contributed by atoms with Crippen LogP contribution in [-0.2, 0) is 28.6 Å². The summed E-state index contributed by atoms with van der Waals surface area (Å²) >= 11 is 0. The molecule has 0 heterocycles. The number of carbonyl (C=O) groups excluding carboxylic acids is 3. The molecule has 8 nitrogen and oxygen atoms in total. The molecule has 0 saturated heterocycles. The maximum atomic E-state index is 12.7. The number of carbonyl (C=O) groups is 3. The van der Waals surface area contributed by atoms with E-state index in [0.29, 0.717) is 12.8 Å². The van der Waals surface area contributed by atoms with E-state index in [0.717, 1.165) is 51.4 Å². The lowest BCUT2D eigenvalue weighted by Gasteiger charge is -2.34. The first-order chi connectivity index (χ1) is 25.6. The molecule has 0 aliphatic rings. The molecule has 0 bridgehead atoms. The number of allylic oxidation sites excluding steroid dienone is 2. The molecule has 0 rings (SSSR count). The van der Waals surface area contributed by atoms with Gasteiger partial charge in [-0.05, 0) is 38.5 Å². The van der Waals surface area contributed by atoms with Gasteiger partial charge in [0.15, 0.2) is 6.10 Å². The number of carboxylic acids is 1. The van der Waals surface area contributed by atoms with Crippen molar-refractivity contribution >= 4 is 17.9 Å². The lowest BCUT2D eigenvalue weighted by molar-refractivity contribution is -0.889. The number of ether oxygens (including phenoxy) is 3. The Hall–Kier alpha value is -1.93. The first kappa shape index (κ1) is 51.1. The van der Waals surface area contributed by atoms with Crippen LogP contribution in [0.15, 0.2) is 12.2 Å². The fourth-order valence-corrected chi connectivity index (χ4v) is 6.65. The highest BCUT2D eigenvalue weighted by Gasteiger charge is 2.25. The summed E-state index contributed by atoms with van der Waals surface area (Å²) in [5.74, 6) is -1.73. The molecule has 0 aromatic heterocycles. The highest BCUT2D eigenvalue weighted by atomic mass is 16.6. The van der Waals surface area contributed by atoms with Crippen LogP contribution in [0.3, 0.4) is 0 Å². The minimum atomic E-state index is -1.12. The quantitative estimate of drug-likeness (QED) is 0.0266. The van der Waals surface area contributed by atoms with E-state index in [-0.39, 0.29) is 42.7 Å². The normalized spacial score (nSPS) is 13.0. The fourth-order valence-electron chi connectivity index (χ4n) is 6.65. The average molecular weight is 752 g/mol. The van der Waals surface area contributed by atoms with Gasteiger partial charge < -0.3 is 28.6 Å². The molecule has 8 heteroatoms. The molecule has 0 aromatic carbocycles. The molecular weight excluding hydrogens is 666 g/mol. The third-order valence-electron chi connectivity index (χ3n) is 10.2. The Morgan fingerprint density at radius 1 is 0.547 bits per heavy atom. The number of rotatable bonds is 40. The van der Waals surface area contributed by atoms with Crippen molar-refractivity contribution in [2.24, 2.45) is 0 Å². The first-order valence-electron chi connectivity index (χ1n) is 22.2. The van der Waals surface area contributed by atoms with E-state index in [9.17, 15) is 19.5 Å². The number of esters is 2. The Labute approximate surface area is 327 Å². The summed E-state index contributed by atoms with van der Waals surface area (Å²) in [6.07, 6.45) is 38.0. The molecule has 0 saturated carbocycles. The predicted molar refractivity (Wildman–Crippen MR) is 217 cm³/mol. The number of aliphatic carboxylic acids is 1. The van der Waals surface area contributed by atoms with Crippen LogP contribution in [0.4, 0.5) is 0 Å². The SMILES string of the molecule is CCCCCCC/C=C\CCCCCCCC(=O)OC(COCCC(C(=O)[O-])[N+](C)(C)C)COC(=O)CCCCCCCCCCCCCCCCC. The highest BCUT2D eigenvalue weighted by molar-refractivity contribution is 5.70. The van der Waals surface area contributed by atoms with Gasteiger partial charge in [-0.2, -0.15) is 0 Å². The minimum absolute atomic E-state index is 0.0428. The van der Waals surface area contributed by atoms with Crippen molar-refractivity contribution in [2.75, 3.05) is 41.0 Å². The standard InChI is InChI=1S/C45H85NO7/c1-6-8-10-12-14-16-18-20-22-24-25-27-29-31-33-35-43(47)52-40-41(39-51-38-37-42(45(49)50)46(3,4)5)53-44(48)36-34-32-30-28-26-23-21-19-17-15-13-11-9-7-2/h19,21,41-42H,6-18,20,22-40H2,1-5H3/b21-19-. The van der Waals surface area contributed by atoms with Crippen LogP contribution in [0.5, 0.6) is 0 Å². The second-order valence-electron chi connectivity index (χ2n) is 16.3. The molecule has 0 fully saturated rings. The molecule has 312 valence electrons. The number of carboxylic acid groups (broad SMARTS) is 1. The van der Waals surface area contributed by atoms with E-state index >= 15 is 0 Å². The number of likely N-dealkylation sites (N-methyl/N-ethyl adjacent to an activating group) is 1. The zero-order chi connectivity index (χ0) is 39.3. The highest BCUT2D eigenvalue weighted by Crippen LogP contribution is 2.15. The van der Waals surface area contributed by atoms with Crippen LogP contribution in [-0.4, -0.2) is 75.5 Å². The van der Waals surface area contributed by atoms with Gasteiger partial charge in [0.05, 0.1) is 40.3 Å². The number of quaternary nitrogens is 1. The van der Waals surface area contributed by atoms with Gasteiger partial charge in [0.25, 0.3) is 0 Å². The van der Waals surface area contributed by atoms with Gasteiger partial charge in [0, 0.05) is 19.3 Å². The molecule has 0 amide bonds. The third kappa shape index (κ3) is 35.5. The molecule has 0 spiro atoms. The summed E-state index contributed by atoms with van der Waals surface area (Å²) in [6, 6.07) is -0.722. The Bertz CT molecular complexity index is 885. The maximum absolute atomic E-state index is 12.7. The average Bonchev–Trinajstić information content (AvgIpc) is 3.11. The van der Waals surface area contributed by atoms with Crippen molar-refractivity contribution < 1.29 is 38.2 Å². The lowest BCUT2D eigenvalue weighted by Crippen LogP contribution is -2.55. The molecule has 2 unspecified atom stereocenters. The van der Waals surface area contributed by atoms with Gasteiger partial charge in [-0.25, -0.2) is 0 Å². The molecular formula is C45H85NO7. The molecule has 2 atom stereocenters. The summed E-state index contributed by atoms with van der Waals surface area (Å²) in [6.45, 7) is 4.66. The Balaban J connectivity index is 4.32. The van der Waals surface area contributed by atoms with E-state index in [1.807, 2.05) is 0 Å². The van der Waals surface area contributed by atoms with Gasteiger partial charge in [-0.1, -0.05) is 161 Å². The summed E-state index contributed by atoms with van der Waals surface area (Å²) in [5, 5.41) is 11.6. The summed E-state index contributed by atoms with van der Waals surface area (Å²) in [4.78, 5) is 36.8. The molecule has 0 N–H and O–H groups in total. The van der Waals surface area contributed by atoms with Crippen molar-refractivity contribution in [2.45, 2.75) is 219 Å². The van der Waals surface area contributed by atoms with Gasteiger partial charge in [0.2, 0.25) is 0 Å². The molecule has 0 radical (unpaired) electrons. The largest absolute Gasteiger partial charge is 0.544 e. The van der Waals surface area contributed by atoms with E-state index in [1.165, 1.54) is 122 Å². The summed E-state index contributed by atoms with van der Waals surface area (Å²) in [5.41, 5.74) is 0. The third-order valence-corrected chi connectivity index (χ3v) is 10.2. The zero-order valence-electron chi connectivity index (χ0n) is 35.4. The number of nitrogens with zero attached hydrogens (tertiary/aromatic N) is 1. The van der Waals surface area contributed by atoms with Crippen molar-refractivity contribution in [1.29, 1.82) is 0 Å². The van der Waals surface area contributed by atoms with E-state index in [2.05, 4.69) is 26.0 Å². The first-order valence-corrected chi connectivity index (χ1v) is 22.2. The molecule has 0 aromatic rings. The van der Waals surface area contributed by atoms with Crippen molar-refractivity contribution in [1.82, 2.24) is 0 Å². The molecule has 0 aliphatic heterocycles. The molecule has 0 aliphatic carbocycles. The van der Waals surface area contributed by atoms with Crippen LogP contribution < -0.4 is 5.11 Å². The number of hydrogen-bond acceptors (Lipinski definition) is 7. The van der Waals surface area contributed by atoms with Gasteiger partial charge in [-0.3, -0.25) is 9.59 Å². The Kier molecular flexibility index (Phi) is 35.7. The van der Waals surface area contributed by atoms with Crippen LogP contribution in [0.25, 0.3) is 0 Å². The Morgan fingerprint density at radius 2 is 0.943 bits per heavy atom. The monoisotopic (exact) mass is 752 g/mol. The van der Waals surface area contributed by atoms with E-state index in [1.54, 1.807) is 21.1 Å². The second kappa shape index (κ2) is 37.0. The Morgan fingerprint density at radius 3 is 1.36 bits per heavy atom. The number of hydrogen-bond donors (Lipinski definition) is 0. The van der Waals surface area contributed by atoms with Crippen LogP contribution >= 0.6 is 0 Å². The summed E-state index contributed by atoms with van der Waals surface area (Å²) in [7, 11) is 5.41. The number of unbranched alkanes of at least 4 members (excludes halogenated alkanes) is 24.